The maximum absolute atomic E-state index is 11.1. The summed E-state index contributed by atoms with van der Waals surface area (Å²) in [4.78, 5) is 11.1. The third-order valence-corrected chi connectivity index (χ3v) is 2.77. The molecular weight excluding hydrogens is 301 g/mol. The van der Waals surface area contributed by atoms with Crippen LogP contribution in [0.25, 0.3) is 0 Å². The fraction of sp³-hybridized carbons (Fsp3) is 0.250. The molecule has 0 fully saturated rings. The average molecular weight is 315 g/mol. The molecule has 0 radical (unpaired) electrons. The van der Waals surface area contributed by atoms with Gasteiger partial charge in [0.05, 0.1) is 4.43 Å². The number of halogens is 1. The van der Waals surface area contributed by atoms with E-state index < -0.39 is 0 Å². The van der Waals surface area contributed by atoms with Crippen molar-refractivity contribution in [2.75, 3.05) is 4.43 Å². The molecule has 2 nitrogen and oxygen atoms in total. The Morgan fingerprint density at radius 1 is 1.40 bits per heavy atom. The fourth-order valence-electron chi connectivity index (χ4n) is 1.33. The predicted molar refractivity (Wildman–Crippen MR) is 71.1 cm³/mol. The van der Waals surface area contributed by atoms with Crippen LogP contribution in [0.4, 0.5) is 0 Å². The topological polar surface area (TPSA) is 29.1 Å². The quantitative estimate of drug-likeness (QED) is 0.505. The number of carbonyl (C=O) groups is 1. The summed E-state index contributed by atoms with van der Waals surface area (Å²) in [7, 11) is 0. The minimum Gasteiger partial charge on any atom is -0.351 e. The molecule has 0 aromatic heterocycles. The van der Waals surface area contributed by atoms with Gasteiger partial charge in [-0.3, -0.25) is 4.79 Å². The lowest BCUT2D eigenvalue weighted by Crippen LogP contribution is -2.24. The summed E-state index contributed by atoms with van der Waals surface area (Å²) < 4.78 is 0.501. The van der Waals surface area contributed by atoms with Gasteiger partial charge >= 0.3 is 0 Å². The lowest BCUT2D eigenvalue weighted by molar-refractivity contribution is -0.118. The van der Waals surface area contributed by atoms with Gasteiger partial charge < -0.3 is 5.32 Å². The maximum atomic E-state index is 11.1. The number of allylic oxidation sites excluding steroid dienone is 1. The highest BCUT2D eigenvalue weighted by atomic mass is 127. The molecule has 0 heterocycles. The smallest absolute Gasteiger partial charge is 0.230 e. The van der Waals surface area contributed by atoms with Gasteiger partial charge in [-0.25, -0.2) is 0 Å². The van der Waals surface area contributed by atoms with Crippen molar-refractivity contribution < 1.29 is 4.79 Å². The van der Waals surface area contributed by atoms with Crippen LogP contribution in [0.3, 0.4) is 0 Å². The summed E-state index contributed by atoms with van der Waals surface area (Å²) in [5.41, 5.74) is 2.39. The average Bonchev–Trinajstić information content (AvgIpc) is 2.28. The lowest BCUT2D eigenvalue weighted by atomic mass is 10.0. The standard InChI is InChI=1S/C12H14INO/c1-2-5-10-6-3-4-7-11(10)9-14-12(15)8-13/h2-4,6-7H,1,5,8-9H2,(H,14,15). The second-order valence-electron chi connectivity index (χ2n) is 3.17. The molecule has 0 aliphatic heterocycles. The number of hydrogen-bond donors (Lipinski definition) is 1. The van der Waals surface area contributed by atoms with Crippen molar-refractivity contribution in [1.82, 2.24) is 5.32 Å². The summed E-state index contributed by atoms with van der Waals surface area (Å²) in [6, 6.07) is 8.08. The largest absolute Gasteiger partial charge is 0.351 e. The van der Waals surface area contributed by atoms with Crippen LogP contribution in [0.15, 0.2) is 36.9 Å². The van der Waals surface area contributed by atoms with Crippen molar-refractivity contribution in [3.63, 3.8) is 0 Å². The van der Waals surface area contributed by atoms with Gasteiger partial charge in [-0.2, -0.15) is 0 Å². The van der Waals surface area contributed by atoms with E-state index in [1.165, 1.54) is 5.56 Å². The van der Waals surface area contributed by atoms with Gasteiger partial charge in [-0.1, -0.05) is 52.9 Å². The maximum Gasteiger partial charge on any atom is 0.230 e. The van der Waals surface area contributed by atoms with E-state index in [1.54, 1.807) is 0 Å². The number of amides is 1. The molecular formula is C12H14INO. The molecule has 0 spiro atoms. The Kier molecular flexibility index (Phi) is 5.39. The Hall–Kier alpha value is -0.840. The first kappa shape index (κ1) is 12.2. The minimum atomic E-state index is 0.0732. The summed E-state index contributed by atoms with van der Waals surface area (Å²) in [5, 5.41) is 2.87. The third-order valence-electron chi connectivity index (χ3n) is 2.08. The molecule has 0 saturated heterocycles. The highest BCUT2D eigenvalue weighted by molar-refractivity contribution is 14.1. The second-order valence-corrected chi connectivity index (χ2v) is 3.93. The first-order valence-corrected chi connectivity index (χ1v) is 6.31. The molecule has 0 aliphatic rings. The minimum absolute atomic E-state index is 0.0732. The molecule has 1 N–H and O–H groups in total. The van der Waals surface area contributed by atoms with Crippen LogP contribution >= 0.6 is 22.6 Å². The number of rotatable bonds is 5. The number of nitrogens with one attached hydrogen (secondary N) is 1. The Bertz CT molecular complexity index is 349. The van der Waals surface area contributed by atoms with Crippen molar-refractivity contribution >= 4 is 28.5 Å². The van der Waals surface area contributed by atoms with Crippen LogP contribution in [0.5, 0.6) is 0 Å². The van der Waals surface area contributed by atoms with E-state index in [0.717, 1.165) is 12.0 Å². The highest BCUT2D eigenvalue weighted by Crippen LogP contribution is 2.09. The summed E-state index contributed by atoms with van der Waals surface area (Å²) in [6.07, 6.45) is 2.72. The predicted octanol–water partition coefficient (Wildman–Crippen LogP) is 2.47. The van der Waals surface area contributed by atoms with E-state index in [9.17, 15) is 4.79 Å². The van der Waals surface area contributed by atoms with E-state index in [1.807, 2.05) is 24.3 Å². The fourth-order valence-corrected chi connectivity index (χ4v) is 1.60. The van der Waals surface area contributed by atoms with Crippen LogP contribution in [0, 0.1) is 0 Å². The van der Waals surface area contributed by atoms with Crippen molar-refractivity contribution in [1.29, 1.82) is 0 Å². The van der Waals surface area contributed by atoms with Gasteiger partial charge in [0.25, 0.3) is 0 Å². The zero-order valence-electron chi connectivity index (χ0n) is 8.50. The van der Waals surface area contributed by atoms with Crippen molar-refractivity contribution in [2.24, 2.45) is 0 Å². The molecule has 1 aromatic carbocycles. The van der Waals surface area contributed by atoms with Crippen molar-refractivity contribution in [2.45, 2.75) is 13.0 Å². The van der Waals surface area contributed by atoms with Crippen molar-refractivity contribution in [3.05, 3.63) is 48.0 Å². The van der Waals surface area contributed by atoms with Crippen LogP contribution in [-0.2, 0) is 17.8 Å². The number of carbonyl (C=O) groups excluding carboxylic acids is 1. The van der Waals surface area contributed by atoms with Gasteiger partial charge in [0.1, 0.15) is 0 Å². The molecule has 1 rings (SSSR count). The van der Waals surface area contributed by atoms with Crippen molar-refractivity contribution in [3.8, 4) is 0 Å². The molecule has 1 amide bonds. The zero-order chi connectivity index (χ0) is 11.1. The monoisotopic (exact) mass is 315 g/mol. The third kappa shape index (κ3) is 4.03. The molecule has 0 atom stereocenters. The van der Waals surface area contributed by atoms with E-state index in [0.29, 0.717) is 11.0 Å². The van der Waals surface area contributed by atoms with Crippen LogP contribution in [-0.4, -0.2) is 10.3 Å². The van der Waals surface area contributed by atoms with Gasteiger partial charge in [-0.15, -0.1) is 6.58 Å². The van der Waals surface area contributed by atoms with E-state index >= 15 is 0 Å². The Balaban J connectivity index is 2.66. The zero-order valence-corrected chi connectivity index (χ0v) is 10.7. The van der Waals surface area contributed by atoms with E-state index in [2.05, 4.69) is 40.6 Å². The molecule has 0 aliphatic carbocycles. The highest BCUT2D eigenvalue weighted by Gasteiger charge is 2.02. The van der Waals surface area contributed by atoms with Gasteiger partial charge in [0, 0.05) is 6.54 Å². The van der Waals surface area contributed by atoms with Crippen LogP contribution in [0.1, 0.15) is 11.1 Å². The summed E-state index contributed by atoms with van der Waals surface area (Å²) in [5.74, 6) is 0.0732. The van der Waals surface area contributed by atoms with Gasteiger partial charge in [0.15, 0.2) is 0 Å². The molecule has 1 aromatic rings. The van der Waals surface area contributed by atoms with E-state index in [4.69, 9.17) is 0 Å². The molecule has 15 heavy (non-hydrogen) atoms. The first-order chi connectivity index (χ1) is 7.27. The Morgan fingerprint density at radius 2 is 2.07 bits per heavy atom. The van der Waals surface area contributed by atoms with E-state index in [-0.39, 0.29) is 5.91 Å². The number of hydrogen-bond acceptors (Lipinski definition) is 1. The molecule has 80 valence electrons. The number of alkyl halides is 1. The molecule has 0 bridgehead atoms. The molecule has 0 unspecified atom stereocenters. The molecule has 0 saturated carbocycles. The lowest BCUT2D eigenvalue weighted by Gasteiger charge is -2.08. The summed E-state index contributed by atoms with van der Waals surface area (Å²) >= 11 is 2.05. The first-order valence-electron chi connectivity index (χ1n) is 4.78. The number of benzene rings is 1. The SMILES string of the molecule is C=CCc1ccccc1CNC(=O)CI. The second kappa shape index (κ2) is 6.61. The summed E-state index contributed by atoms with van der Waals surface area (Å²) in [6.45, 7) is 4.32. The van der Waals surface area contributed by atoms with Crippen LogP contribution in [0.2, 0.25) is 0 Å². The Labute approximate surface area is 104 Å². The molecule has 3 heteroatoms. The normalized spacial score (nSPS) is 9.67. The van der Waals surface area contributed by atoms with Gasteiger partial charge in [-0.05, 0) is 17.5 Å². The van der Waals surface area contributed by atoms with Gasteiger partial charge in [0.2, 0.25) is 5.91 Å². The Morgan fingerprint density at radius 3 is 2.67 bits per heavy atom. The van der Waals surface area contributed by atoms with Crippen LogP contribution < -0.4 is 5.32 Å².